The fourth-order valence-corrected chi connectivity index (χ4v) is 4.14. The summed E-state index contributed by atoms with van der Waals surface area (Å²) in [6.45, 7) is 6.16. The summed E-state index contributed by atoms with van der Waals surface area (Å²) < 4.78 is 5.70. The van der Waals surface area contributed by atoms with Gasteiger partial charge < -0.3 is 20.3 Å². The number of ether oxygens (including phenoxy) is 1. The largest absolute Gasteiger partial charge is 0.375 e. The number of aliphatic imine (C=N–C) groups is 1. The van der Waals surface area contributed by atoms with Crippen LogP contribution in [-0.4, -0.2) is 55.6 Å². The van der Waals surface area contributed by atoms with Gasteiger partial charge in [0.15, 0.2) is 5.96 Å². The van der Waals surface area contributed by atoms with Gasteiger partial charge in [-0.1, -0.05) is 36.6 Å². The van der Waals surface area contributed by atoms with Crippen molar-refractivity contribution in [1.29, 1.82) is 0 Å². The zero-order valence-electron chi connectivity index (χ0n) is 17.3. The molecular formula is C22H33ClN4O2. The van der Waals surface area contributed by atoms with Crippen molar-refractivity contribution in [1.82, 2.24) is 15.5 Å². The zero-order valence-corrected chi connectivity index (χ0v) is 18.1. The van der Waals surface area contributed by atoms with Crippen molar-refractivity contribution in [3.05, 3.63) is 34.9 Å². The van der Waals surface area contributed by atoms with E-state index in [9.17, 15) is 4.79 Å². The van der Waals surface area contributed by atoms with Crippen molar-refractivity contribution in [3.63, 3.8) is 0 Å². The second-order valence-corrected chi connectivity index (χ2v) is 8.27. The molecule has 0 radical (unpaired) electrons. The predicted octanol–water partition coefficient (Wildman–Crippen LogP) is 3.20. The second kappa shape index (κ2) is 11.4. The van der Waals surface area contributed by atoms with E-state index < -0.39 is 0 Å². The molecule has 0 aromatic heterocycles. The SMILES string of the molecule is CCNC(=NCCOCc1ccc(Cl)cc1)NC1CCN(C(=O)C2CCCC2)C1. The minimum atomic E-state index is 0.258. The monoisotopic (exact) mass is 420 g/mol. The molecule has 1 atom stereocenters. The number of nitrogens with zero attached hydrogens (tertiary/aromatic N) is 2. The van der Waals surface area contributed by atoms with E-state index in [2.05, 4.69) is 22.5 Å². The maximum atomic E-state index is 12.6. The standard InChI is InChI=1S/C22H33ClN4O2/c1-2-24-22(25-12-14-29-16-17-7-9-19(23)10-8-17)26-20-11-13-27(15-20)21(28)18-5-3-4-6-18/h7-10,18,20H,2-6,11-16H2,1H3,(H2,24,25,26). The zero-order chi connectivity index (χ0) is 20.5. The maximum Gasteiger partial charge on any atom is 0.225 e. The lowest BCUT2D eigenvalue weighted by atomic mass is 10.1. The number of halogens is 1. The summed E-state index contributed by atoms with van der Waals surface area (Å²) in [6, 6.07) is 7.93. The van der Waals surface area contributed by atoms with Crippen LogP contribution in [0.15, 0.2) is 29.3 Å². The van der Waals surface area contributed by atoms with Crippen LogP contribution >= 0.6 is 11.6 Å². The normalized spacial score (nSPS) is 20.3. The summed E-state index contributed by atoms with van der Waals surface area (Å²) in [4.78, 5) is 19.3. The Morgan fingerprint density at radius 3 is 2.72 bits per heavy atom. The molecule has 1 aliphatic carbocycles. The van der Waals surface area contributed by atoms with E-state index in [1.165, 1.54) is 12.8 Å². The van der Waals surface area contributed by atoms with E-state index in [1.807, 2.05) is 29.2 Å². The number of nitrogens with one attached hydrogen (secondary N) is 2. The minimum Gasteiger partial charge on any atom is -0.375 e. The van der Waals surface area contributed by atoms with Crippen molar-refractivity contribution in [2.24, 2.45) is 10.9 Å². The summed E-state index contributed by atoms with van der Waals surface area (Å²) in [7, 11) is 0. The molecule has 0 bridgehead atoms. The number of carbonyl (C=O) groups excluding carboxylic acids is 1. The van der Waals surface area contributed by atoms with Crippen LogP contribution in [0.2, 0.25) is 5.02 Å². The summed E-state index contributed by atoms with van der Waals surface area (Å²) >= 11 is 5.89. The Morgan fingerprint density at radius 2 is 2.00 bits per heavy atom. The smallest absolute Gasteiger partial charge is 0.225 e. The van der Waals surface area contributed by atoms with Crippen LogP contribution in [0.5, 0.6) is 0 Å². The van der Waals surface area contributed by atoms with Gasteiger partial charge in [-0.3, -0.25) is 9.79 Å². The van der Waals surface area contributed by atoms with Gasteiger partial charge in [0.05, 0.1) is 19.8 Å². The third kappa shape index (κ3) is 6.89. The third-order valence-electron chi connectivity index (χ3n) is 5.58. The van der Waals surface area contributed by atoms with E-state index in [1.54, 1.807) is 0 Å². The molecular weight excluding hydrogens is 388 g/mol. The van der Waals surface area contributed by atoms with Gasteiger partial charge in [0.25, 0.3) is 0 Å². The molecule has 160 valence electrons. The molecule has 1 unspecified atom stereocenters. The predicted molar refractivity (Wildman–Crippen MR) is 117 cm³/mol. The van der Waals surface area contributed by atoms with Gasteiger partial charge in [-0.25, -0.2) is 0 Å². The Bertz CT molecular complexity index is 674. The van der Waals surface area contributed by atoms with E-state index in [0.717, 1.165) is 55.4 Å². The number of carbonyl (C=O) groups is 1. The fraction of sp³-hybridized carbons (Fsp3) is 0.636. The number of likely N-dealkylation sites (tertiary alicyclic amines) is 1. The van der Waals surface area contributed by atoms with E-state index in [-0.39, 0.29) is 12.0 Å². The van der Waals surface area contributed by atoms with Gasteiger partial charge >= 0.3 is 0 Å². The Kier molecular flexibility index (Phi) is 8.62. The molecule has 7 heteroatoms. The van der Waals surface area contributed by atoms with Crippen molar-refractivity contribution in [2.45, 2.75) is 51.7 Å². The van der Waals surface area contributed by atoms with Crippen LogP contribution in [0.25, 0.3) is 0 Å². The lowest BCUT2D eigenvalue weighted by Crippen LogP contribution is -2.45. The Balaban J connectivity index is 1.39. The van der Waals surface area contributed by atoms with Crippen molar-refractivity contribution >= 4 is 23.5 Å². The molecule has 1 saturated carbocycles. The lowest BCUT2D eigenvalue weighted by molar-refractivity contribution is -0.134. The molecule has 3 rings (SSSR count). The summed E-state index contributed by atoms with van der Waals surface area (Å²) in [5.74, 6) is 1.40. The molecule has 2 fully saturated rings. The van der Waals surface area contributed by atoms with Gasteiger partial charge in [-0.05, 0) is 43.9 Å². The van der Waals surface area contributed by atoms with Gasteiger partial charge in [-0.2, -0.15) is 0 Å². The topological polar surface area (TPSA) is 66.0 Å². The summed E-state index contributed by atoms with van der Waals surface area (Å²) in [5.41, 5.74) is 1.10. The molecule has 1 aromatic rings. The number of hydrogen-bond donors (Lipinski definition) is 2. The summed E-state index contributed by atoms with van der Waals surface area (Å²) in [6.07, 6.45) is 5.49. The average Bonchev–Trinajstić information content (AvgIpc) is 3.41. The van der Waals surface area contributed by atoms with E-state index >= 15 is 0 Å². The molecule has 1 saturated heterocycles. The first-order chi connectivity index (χ1) is 14.2. The lowest BCUT2D eigenvalue weighted by Gasteiger charge is -2.21. The molecule has 6 nitrogen and oxygen atoms in total. The van der Waals surface area contributed by atoms with Crippen molar-refractivity contribution in [2.75, 3.05) is 32.8 Å². The molecule has 2 aliphatic rings. The Hall–Kier alpha value is -1.79. The van der Waals surface area contributed by atoms with Gasteiger partial charge in [-0.15, -0.1) is 0 Å². The number of amides is 1. The number of hydrogen-bond acceptors (Lipinski definition) is 3. The van der Waals surface area contributed by atoms with Crippen LogP contribution in [-0.2, 0) is 16.1 Å². The van der Waals surface area contributed by atoms with Crippen LogP contribution in [0.3, 0.4) is 0 Å². The molecule has 1 amide bonds. The van der Waals surface area contributed by atoms with Crippen molar-refractivity contribution < 1.29 is 9.53 Å². The van der Waals surface area contributed by atoms with E-state index in [0.29, 0.717) is 25.7 Å². The van der Waals surface area contributed by atoms with Crippen molar-refractivity contribution in [3.8, 4) is 0 Å². The fourth-order valence-electron chi connectivity index (χ4n) is 4.02. The first-order valence-corrected chi connectivity index (χ1v) is 11.2. The number of guanidine groups is 1. The van der Waals surface area contributed by atoms with E-state index in [4.69, 9.17) is 16.3 Å². The third-order valence-corrected chi connectivity index (χ3v) is 5.83. The first kappa shape index (κ1) is 21.9. The first-order valence-electron chi connectivity index (χ1n) is 10.8. The van der Waals surface area contributed by atoms with Crippen LogP contribution < -0.4 is 10.6 Å². The molecule has 1 aromatic carbocycles. The summed E-state index contributed by atoms with van der Waals surface area (Å²) in [5, 5.41) is 7.50. The van der Waals surface area contributed by atoms with Crippen LogP contribution in [0.1, 0.15) is 44.6 Å². The minimum absolute atomic E-state index is 0.258. The molecule has 1 heterocycles. The van der Waals surface area contributed by atoms with Gasteiger partial charge in [0.1, 0.15) is 0 Å². The van der Waals surface area contributed by atoms with Crippen LogP contribution in [0.4, 0.5) is 0 Å². The van der Waals surface area contributed by atoms with Crippen LogP contribution in [0, 0.1) is 5.92 Å². The molecule has 2 N–H and O–H groups in total. The Morgan fingerprint density at radius 1 is 1.24 bits per heavy atom. The van der Waals surface area contributed by atoms with Gasteiger partial charge in [0.2, 0.25) is 5.91 Å². The number of rotatable bonds is 8. The highest BCUT2D eigenvalue weighted by Gasteiger charge is 2.32. The average molecular weight is 421 g/mol. The molecule has 1 aliphatic heterocycles. The quantitative estimate of drug-likeness (QED) is 0.385. The molecule has 0 spiro atoms. The highest BCUT2D eigenvalue weighted by molar-refractivity contribution is 6.30. The molecule has 29 heavy (non-hydrogen) atoms. The number of benzene rings is 1. The second-order valence-electron chi connectivity index (χ2n) is 7.84. The highest BCUT2D eigenvalue weighted by atomic mass is 35.5. The maximum absolute atomic E-state index is 12.6. The highest BCUT2D eigenvalue weighted by Crippen LogP contribution is 2.27. The van der Waals surface area contributed by atoms with Gasteiger partial charge in [0, 0.05) is 36.6 Å². The Labute approximate surface area is 179 Å².